The quantitative estimate of drug-likeness (QED) is 0.826. The SMILES string of the molecule is O=C(Cc1ccccc1)CN1CCC2(CCCC2)C1. The summed E-state index contributed by atoms with van der Waals surface area (Å²) in [5, 5.41) is 0. The average Bonchev–Trinajstić information content (AvgIpc) is 3.02. The molecule has 0 bridgehead atoms. The predicted molar refractivity (Wildman–Crippen MR) is 77.1 cm³/mol. The van der Waals surface area contributed by atoms with Gasteiger partial charge in [-0.05, 0) is 36.8 Å². The second-order valence-corrected chi connectivity index (χ2v) is 6.37. The molecule has 1 saturated carbocycles. The lowest BCUT2D eigenvalue weighted by Gasteiger charge is -2.23. The third-order valence-corrected chi connectivity index (χ3v) is 4.83. The molecule has 0 amide bonds. The van der Waals surface area contributed by atoms with Crippen LogP contribution in [-0.4, -0.2) is 30.3 Å². The van der Waals surface area contributed by atoms with Gasteiger partial charge in [-0.1, -0.05) is 43.2 Å². The van der Waals surface area contributed by atoms with Crippen LogP contribution in [0.25, 0.3) is 0 Å². The minimum absolute atomic E-state index is 0.362. The van der Waals surface area contributed by atoms with E-state index >= 15 is 0 Å². The van der Waals surface area contributed by atoms with Crippen LogP contribution in [0.3, 0.4) is 0 Å². The number of carbonyl (C=O) groups is 1. The highest BCUT2D eigenvalue weighted by Gasteiger charge is 2.40. The van der Waals surface area contributed by atoms with E-state index in [1.165, 1.54) is 32.1 Å². The maximum atomic E-state index is 12.1. The Balaban J connectivity index is 1.51. The van der Waals surface area contributed by atoms with E-state index in [1.807, 2.05) is 30.3 Å². The zero-order chi connectivity index (χ0) is 13.1. The Bertz CT molecular complexity index is 434. The molecule has 19 heavy (non-hydrogen) atoms. The molecule has 1 spiro atoms. The monoisotopic (exact) mass is 257 g/mol. The number of rotatable bonds is 4. The largest absolute Gasteiger partial charge is 0.298 e. The van der Waals surface area contributed by atoms with Crippen molar-refractivity contribution in [3.8, 4) is 0 Å². The van der Waals surface area contributed by atoms with Gasteiger partial charge in [0.05, 0.1) is 6.54 Å². The Labute approximate surface area is 115 Å². The molecule has 0 unspecified atom stereocenters. The fourth-order valence-corrected chi connectivity index (χ4v) is 3.82. The van der Waals surface area contributed by atoms with E-state index in [-0.39, 0.29) is 0 Å². The number of ketones is 1. The second kappa shape index (κ2) is 5.46. The summed E-state index contributed by atoms with van der Waals surface area (Å²) in [6.45, 7) is 2.94. The van der Waals surface area contributed by atoms with Crippen molar-refractivity contribution in [1.29, 1.82) is 0 Å². The molecule has 1 aliphatic carbocycles. The van der Waals surface area contributed by atoms with Gasteiger partial charge in [-0.3, -0.25) is 9.69 Å². The predicted octanol–water partition coefficient (Wildman–Crippen LogP) is 3.06. The van der Waals surface area contributed by atoms with Crippen molar-refractivity contribution < 1.29 is 4.79 Å². The third kappa shape index (κ3) is 3.06. The first kappa shape index (κ1) is 12.9. The average molecular weight is 257 g/mol. The summed E-state index contributed by atoms with van der Waals surface area (Å²) < 4.78 is 0. The van der Waals surface area contributed by atoms with Gasteiger partial charge >= 0.3 is 0 Å². The van der Waals surface area contributed by atoms with Crippen LogP contribution in [0.15, 0.2) is 30.3 Å². The van der Waals surface area contributed by atoms with Gasteiger partial charge in [-0.15, -0.1) is 0 Å². The molecular formula is C17H23NO. The molecule has 1 aromatic rings. The molecule has 2 aliphatic rings. The summed E-state index contributed by atoms with van der Waals surface area (Å²) in [6.07, 6.45) is 7.46. The summed E-state index contributed by atoms with van der Waals surface area (Å²) >= 11 is 0. The van der Waals surface area contributed by atoms with Gasteiger partial charge in [0.15, 0.2) is 5.78 Å². The molecule has 1 aliphatic heterocycles. The number of hydrogen-bond acceptors (Lipinski definition) is 2. The minimum Gasteiger partial charge on any atom is -0.298 e. The van der Waals surface area contributed by atoms with Gasteiger partial charge in [0.1, 0.15) is 0 Å². The number of carbonyl (C=O) groups excluding carboxylic acids is 1. The number of hydrogen-bond donors (Lipinski definition) is 0. The highest BCUT2D eigenvalue weighted by Crippen LogP contribution is 2.45. The van der Waals surface area contributed by atoms with Crippen molar-refractivity contribution in [2.45, 2.75) is 38.5 Å². The van der Waals surface area contributed by atoms with Gasteiger partial charge in [-0.2, -0.15) is 0 Å². The summed E-state index contributed by atoms with van der Waals surface area (Å²) in [6, 6.07) is 10.1. The molecule has 0 N–H and O–H groups in total. The standard InChI is InChI=1S/C17H23NO/c19-16(12-15-6-2-1-3-7-15)13-18-11-10-17(14-18)8-4-5-9-17/h1-3,6-7H,4-5,8-14H2. The second-order valence-electron chi connectivity index (χ2n) is 6.37. The van der Waals surface area contributed by atoms with Gasteiger partial charge in [0.2, 0.25) is 0 Å². The fourth-order valence-electron chi connectivity index (χ4n) is 3.82. The molecule has 2 heteroatoms. The number of likely N-dealkylation sites (tertiary alicyclic amines) is 1. The smallest absolute Gasteiger partial charge is 0.151 e. The Morgan fingerprint density at radius 1 is 1.11 bits per heavy atom. The number of nitrogens with zero attached hydrogens (tertiary/aromatic N) is 1. The van der Waals surface area contributed by atoms with Crippen molar-refractivity contribution in [1.82, 2.24) is 4.90 Å². The van der Waals surface area contributed by atoms with Gasteiger partial charge < -0.3 is 0 Å². The number of benzene rings is 1. The molecule has 3 rings (SSSR count). The van der Waals surface area contributed by atoms with Gasteiger partial charge in [0.25, 0.3) is 0 Å². The Morgan fingerprint density at radius 2 is 1.84 bits per heavy atom. The summed E-state index contributed by atoms with van der Waals surface area (Å²) in [5.74, 6) is 0.362. The van der Waals surface area contributed by atoms with Crippen LogP contribution >= 0.6 is 0 Å². The van der Waals surface area contributed by atoms with E-state index in [9.17, 15) is 4.79 Å². The van der Waals surface area contributed by atoms with Crippen LogP contribution in [0.4, 0.5) is 0 Å². The molecule has 2 nitrogen and oxygen atoms in total. The van der Waals surface area contributed by atoms with Crippen molar-refractivity contribution in [2.75, 3.05) is 19.6 Å². The van der Waals surface area contributed by atoms with Crippen LogP contribution < -0.4 is 0 Å². The van der Waals surface area contributed by atoms with E-state index in [2.05, 4.69) is 4.90 Å². The minimum atomic E-state index is 0.362. The fraction of sp³-hybridized carbons (Fsp3) is 0.588. The van der Waals surface area contributed by atoms with Crippen molar-refractivity contribution in [3.05, 3.63) is 35.9 Å². The summed E-state index contributed by atoms with van der Waals surface area (Å²) in [5.41, 5.74) is 1.72. The first-order valence-electron chi connectivity index (χ1n) is 7.54. The van der Waals surface area contributed by atoms with Crippen LogP contribution in [0.5, 0.6) is 0 Å². The normalized spacial score (nSPS) is 22.1. The highest BCUT2D eigenvalue weighted by atomic mass is 16.1. The van der Waals surface area contributed by atoms with Crippen molar-refractivity contribution in [3.63, 3.8) is 0 Å². The Morgan fingerprint density at radius 3 is 2.58 bits per heavy atom. The van der Waals surface area contributed by atoms with Crippen molar-refractivity contribution >= 4 is 5.78 Å². The van der Waals surface area contributed by atoms with Crippen LogP contribution in [0.2, 0.25) is 0 Å². The first-order chi connectivity index (χ1) is 9.26. The topological polar surface area (TPSA) is 20.3 Å². The lowest BCUT2D eigenvalue weighted by atomic mass is 9.86. The molecule has 1 heterocycles. The Hall–Kier alpha value is -1.15. The summed E-state index contributed by atoms with van der Waals surface area (Å²) in [4.78, 5) is 14.5. The maximum Gasteiger partial charge on any atom is 0.151 e. The molecule has 102 valence electrons. The zero-order valence-corrected chi connectivity index (χ0v) is 11.6. The van der Waals surface area contributed by atoms with E-state index in [0.29, 0.717) is 24.2 Å². The van der Waals surface area contributed by atoms with Gasteiger partial charge in [0, 0.05) is 13.0 Å². The Kier molecular flexibility index (Phi) is 3.69. The lowest BCUT2D eigenvalue weighted by Crippen LogP contribution is -2.31. The highest BCUT2D eigenvalue weighted by molar-refractivity contribution is 5.82. The van der Waals surface area contributed by atoms with E-state index in [0.717, 1.165) is 18.7 Å². The molecule has 0 aromatic heterocycles. The van der Waals surface area contributed by atoms with E-state index in [4.69, 9.17) is 0 Å². The number of Topliss-reactive ketones (excluding diaryl/α,β-unsaturated/α-hetero) is 1. The van der Waals surface area contributed by atoms with Gasteiger partial charge in [-0.25, -0.2) is 0 Å². The molecular weight excluding hydrogens is 234 g/mol. The first-order valence-corrected chi connectivity index (χ1v) is 7.54. The van der Waals surface area contributed by atoms with E-state index in [1.54, 1.807) is 0 Å². The molecule has 1 aromatic carbocycles. The molecule has 1 saturated heterocycles. The van der Waals surface area contributed by atoms with Crippen LogP contribution in [-0.2, 0) is 11.2 Å². The van der Waals surface area contributed by atoms with Crippen LogP contribution in [0.1, 0.15) is 37.7 Å². The molecule has 0 atom stereocenters. The van der Waals surface area contributed by atoms with Crippen LogP contribution in [0, 0.1) is 5.41 Å². The molecule has 0 radical (unpaired) electrons. The lowest BCUT2D eigenvalue weighted by molar-refractivity contribution is -0.119. The zero-order valence-electron chi connectivity index (χ0n) is 11.6. The van der Waals surface area contributed by atoms with E-state index < -0.39 is 0 Å². The molecule has 2 fully saturated rings. The summed E-state index contributed by atoms with van der Waals surface area (Å²) in [7, 11) is 0. The third-order valence-electron chi connectivity index (χ3n) is 4.83. The maximum absolute atomic E-state index is 12.1. The van der Waals surface area contributed by atoms with Crippen molar-refractivity contribution in [2.24, 2.45) is 5.41 Å².